The van der Waals surface area contributed by atoms with Crippen molar-refractivity contribution >= 4 is 43.4 Å². The van der Waals surface area contributed by atoms with Crippen molar-refractivity contribution in [3.05, 3.63) is 194 Å². The number of imidazole rings is 1. The van der Waals surface area contributed by atoms with Crippen LogP contribution in [-0.4, -0.2) is 9.55 Å². The minimum atomic E-state index is 0.858. The van der Waals surface area contributed by atoms with Crippen LogP contribution in [0.15, 0.2) is 188 Å². The molecule has 1 heterocycles. The fourth-order valence-electron chi connectivity index (χ4n) is 8.28. The molecule has 0 N–H and O–H groups in total. The fourth-order valence-corrected chi connectivity index (χ4v) is 8.28. The summed E-state index contributed by atoms with van der Waals surface area (Å²) in [6, 6.07) is 68.6. The summed E-state index contributed by atoms with van der Waals surface area (Å²) >= 11 is 0. The highest BCUT2D eigenvalue weighted by molar-refractivity contribution is 6.24. The molecule has 1 aromatic heterocycles. The quantitative estimate of drug-likeness (QED) is 0.160. The molecule has 0 fully saturated rings. The average Bonchev–Trinajstić information content (AvgIpc) is 3.62. The normalized spacial score (nSPS) is 11.6. The first-order valence-corrected chi connectivity index (χ1v) is 18.4. The minimum Gasteiger partial charge on any atom is -0.296 e. The summed E-state index contributed by atoms with van der Waals surface area (Å²) in [6.07, 6.45) is 0.858. The number of benzene rings is 9. The Kier molecular flexibility index (Phi) is 7.47. The molecule has 0 aliphatic carbocycles. The van der Waals surface area contributed by atoms with Crippen molar-refractivity contribution in [3.63, 3.8) is 0 Å². The molecule has 0 unspecified atom stereocenters. The predicted molar refractivity (Wildman–Crippen MR) is 225 cm³/mol. The van der Waals surface area contributed by atoms with Crippen LogP contribution in [0.5, 0.6) is 0 Å². The maximum atomic E-state index is 4.95. The number of hydrogen-bond acceptors (Lipinski definition) is 1. The Morgan fingerprint density at radius 2 is 1.00 bits per heavy atom. The van der Waals surface area contributed by atoms with Crippen molar-refractivity contribution in [2.45, 2.75) is 13.3 Å². The SMILES string of the molecule is CCc1nc2ccccc2n1-c1ccc(-c2c3ccccc3c(-c3cc(-c4ccccc4)cc4ccccc34)c3cc(-c4ccccc4)ccc23)cc1. The van der Waals surface area contributed by atoms with Crippen LogP contribution in [0.4, 0.5) is 0 Å². The maximum absolute atomic E-state index is 4.95. The zero-order valence-corrected chi connectivity index (χ0v) is 29.5. The largest absolute Gasteiger partial charge is 0.296 e. The van der Waals surface area contributed by atoms with Crippen LogP contribution < -0.4 is 0 Å². The van der Waals surface area contributed by atoms with Crippen LogP contribution in [-0.2, 0) is 6.42 Å². The molecular formula is C51H36N2. The zero-order chi connectivity index (χ0) is 35.3. The minimum absolute atomic E-state index is 0.858. The second kappa shape index (κ2) is 12.8. The van der Waals surface area contributed by atoms with Gasteiger partial charge in [0.2, 0.25) is 0 Å². The molecule has 250 valence electrons. The van der Waals surface area contributed by atoms with E-state index in [1.165, 1.54) is 76.8 Å². The van der Waals surface area contributed by atoms with Crippen LogP contribution in [0, 0.1) is 0 Å². The van der Waals surface area contributed by atoms with Crippen molar-refractivity contribution in [3.8, 4) is 50.2 Å². The summed E-state index contributed by atoms with van der Waals surface area (Å²) in [4.78, 5) is 4.95. The first-order chi connectivity index (χ1) is 26.2. The van der Waals surface area contributed by atoms with Gasteiger partial charge in [-0.2, -0.15) is 0 Å². The number of para-hydroxylation sites is 2. The molecule has 0 radical (unpaired) electrons. The topological polar surface area (TPSA) is 17.8 Å². The van der Waals surface area contributed by atoms with Crippen LogP contribution in [0.2, 0.25) is 0 Å². The van der Waals surface area contributed by atoms with E-state index in [-0.39, 0.29) is 0 Å². The Balaban J connectivity index is 1.27. The van der Waals surface area contributed by atoms with Gasteiger partial charge in [-0.1, -0.05) is 153 Å². The monoisotopic (exact) mass is 676 g/mol. The lowest BCUT2D eigenvalue weighted by atomic mass is 9.83. The lowest BCUT2D eigenvalue weighted by Crippen LogP contribution is -2.00. The average molecular weight is 677 g/mol. The molecule has 9 aromatic carbocycles. The Morgan fingerprint density at radius 1 is 0.415 bits per heavy atom. The third-order valence-corrected chi connectivity index (χ3v) is 10.7. The molecule has 2 heteroatoms. The smallest absolute Gasteiger partial charge is 0.114 e. The van der Waals surface area contributed by atoms with Gasteiger partial charge >= 0.3 is 0 Å². The molecular weight excluding hydrogens is 641 g/mol. The van der Waals surface area contributed by atoms with E-state index in [0.717, 1.165) is 29.0 Å². The number of rotatable bonds is 6. The first kappa shape index (κ1) is 31.0. The van der Waals surface area contributed by atoms with E-state index in [9.17, 15) is 0 Å². The van der Waals surface area contributed by atoms with Crippen molar-refractivity contribution in [1.29, 1.82) is 0 Å². The number of hydrogen-bond donors (Lipinski definition) is 0. The number of aryl methyl sites for hydroxylation is 1. The molecule has 0 spiro atoms. The van der Waals surface area contributed by atoms with Gasteiger partial charge in [-0.15, -0.1) is 0 Å². The van der Waals surface area contributed by atoms with Crippen molar-refractivity contribution < 1.29 is 0 Å². The van der Waals surface area contributed by atoms with E-state index < -0.39 is 0 Å². The van der Waals surface area contributed by atoms with Crippen LogP contribution in [0.25, 0.3) is 93.5 Å². The van der Waals surface area contributed by atoms with Gasteiger partial charge < -0.3 is 0 Å². The van der Waals surface area contributed by atoms with E-state index in [0.29, 0.717) is 0 Å². The standard InChI is InChI=1S/C51H36N2/c1-2-49-52-47-23-13-14-24-48(47)53(49)40-28-25-36(26-29-40)50-42-21-11-12-22-43(42)51(46-32-37(27-30-44(46)50)34-15-5-3-6-16-34)45-33-39(35-17-7-4-8-18-35)31-38-19-9-10-20-41(38)45/h3-33H,2H2,1H3. The highest BCUT2D eigenvalue weighted by atomic mass is 15.1. The van der Waals surface area contributed by atoms with E-state index in [1.54, 1.807) is 0 Å². The molecule has 0 saturated heterocycles. The van der Waals surface area contributed by atoms with E-state index in [2.05, 4.69) is 200 Å². The molecule has 2 nitrogen and oxygen atoms in total. The van der Waals surface area contributed by atoms with Gasteiger partial charge in [-0.25, -0.2) is 4.98 Å². The third kappa shape index (κ3) is 5.22. The van der Waals surface area contributed by atoms with E-state index in [4.69, 9.17) is 4.98 Å². The summed E-state index contributed by atoms with van der Waals surface area (Å²) in [5, 5.41) is 7.45. The number of nitrogens with zero attached hydrogens (tertiary/aromatic N) is 2. The van der Waals surface area contributed by atoms with Gasteiger partial charge in [0.25, 0.3) is 0 Å². The predicted octanol–water partition coefficient (Wildman–Crippen LogP) is 13.7. The summed E-state index contributed by atoms with van der Waals surface area (Å²) in [7, 11) is 0. The Morgan fingerprint density at radius 3 is 1.74 bits per heavy atom. The Hall–Kier alpha value is -6.77. The fraction of sp³-hybridized carbons (Fsp3) is 0.0392. The Bertz CT molecular complexity index is 2960. The van der Waals surface area contributed by atoms with Crippen LogP contribution in [0.3, 0.4) is 0 Å². The van der Waals surface area contributed by atoms with Gasteiger partial charge in [0.05, 0.1) is 11.0 Å². The second-order valence-electron chi connectivity index (χ2n) is 13.8. The molecule has 0 amide bonds. The highest BCUT2D eigenvalue weighted by Gasteiger charge is 2.20. The third-order valence-electron chi connectivity index (χ3n) is 10.7. The van der Waals surface area contributed by atoms with Crippen molar-refractivity contribution in [1.82, 2.24) is 9.55 Å². The molecule has 10 rings (SSSR count). The summed E-state index contributed by atoms with van der Waals surface area (Å²) in [5.74, 6) is 1.07. The zero-order valence-electron chi connectivity index (χ0n) is 29.5. The number of fused-ring (bicyclic) bond motifs is 4. The molecule has 10 aromatic rings. The second-order valence-corrected chi connectivity index (χ2v) is 13.8. The van der Waals surface area contributed by atoms with Crippen molar-refractivity contribution in [2.75, 3.05) is 0 Å². The summed E-state index contributed by atoms with van der Waals surface area (Å²) in [5.41, 5.74) is 13.1. The first-order valence-electron chi connectivity index (χ1n) is 18.4. The lowest BCUT2D eigenvalue weighted by Gasteiger charge is -2.21. The summed E-state index contributed by atoms with van der Waals surface area (Å²) in [6.45, 7) is 2.17. The van der Waals surface area contributed by atoms with Gasteiger partial charge in [0, 0.05) is 12.1 Å². The maximum Gasteiger partial charge on any atom is 0.114 e. The van der Waals surface area contributed by atoms with E-state index in [1.807, 2.05) is 0 Å². The molecule has 0 aliphatic heterocycles. The van der Waals surface area contributed by atoms with Gasteiger partial charge in [0.15, 0.2) is 0 Å². The van der Waals surface area contributed by atoms with Crippen LogP contribution >= 0.6 is 0 Å². The molecule has 53 heavy (non-hydrogen) atoms. The summed E-state index contributed by atoms with van der Waals surface area (Å²) < 4.78 is 2.30. The number of aromatic nitrogens is 2. The van der Waals surface area contributed by atoms with E-state index >= 15 is 0 Å². The molecule has 0 atom stereocenters. The van der Waals surface area contributed by atoms with Gasteiger partial charge in [-0.05, 0) is 119 Å². The van der Waals surface area contributed by atoms with Crippen LogP contribution in [0.1, 0.15) is 12.7 Å². The van der Waals surface area contributed by atoms with Crippen molar-refractivity contribution in [2.24, 2.45) is 0 Å². The highest BCUT2D eigenvalue weighted by Crippen LogP contribution is 2.47. The van der Waals surface area contributed by atoms with Gasteiger partial charge in [-0.3, -0.25) is 4.57 Å². The Labute approximate surface area is 309 Å². The molecule has 0 aliphatic rings. The molecule has 0 bridgehead atoms. The molecule has 0 saturated carbocycles. The lowest BCUT2D eigenvalue weighted by molar-refractivity contribution is 0.908. The van der Waals surface area contributed by atoms with Gasteiger partial charge in [0.1, 0.15) is 5.82 Å².